The van der Waals surface area contributed by atoms with Crippen molar-refractivity contribution in [3.05, 3.63) is 76.0 Å². The number of amides is 1. The fourth-order valence-corrected chi connectivity index (χ4v) is 2.23. The molecule has 138 valence electrons. The predicted molar refractivity (Wildman–Crippen MR) is 100 cm³/mol. The molecule has 8 nitrogen and oxygen atoms in total. The van der Waals surface area contributed by atoms with Crippen LogP contribution in [0.25, 0.3) is 0 Å². The molecule has 0 aliphatic heterocycles. The van der Waals surface area contributed by atoms with Crippen LogP contribution in [-0.2, 0) is 11.2 Å². The molecule has 0 radical (unpaired) electrons. The Hall–Kier alpha value is -3.86. The van der Waals surface area contributed by atoms with Gasteiger partial charge < -0.3 is 15.4 Å². The molecule has 0 aromatic heterocycles. The standard InChI is InChI=1S/C19H18N4O4/c1-27-18-7-5-14(6-8-18)9-10-21-13-15(12-20)19(24)22-16-3-2-4-17(11-16)23(25)26/h2-8,11,13,21H,9-10H2,1H3,(H,22,24)/b15-13-. The van der Waals surface area contributed by atoms with Gasteiger partial charge in [0.2, 0.25) is 0 Å². The van der Waals surface area contributed by atoms with E-state index in [2.05, 4.69) is 10.6 Å². The van der Waals surface area contributed by atoms with Crippen LogP contribution in [0.5, 0.6) is 5.75 Å². The van der Waals surface area contributed by atoms with E-state index in [4.69, 9.17) is 10.00 Å². The Balaban J connectivity index is 1.90. The normalized spacial score (nSPS) is 10.6. The van der Waals surface area contributed by atoms with Crippen LogP contribution in [-0.4, -0.2) is 24.5 Å². The summed E-state index contributed by atoms with van der Waals surface area (Å²) in [6, 6.07) is 14.9. The SMILES string of the molecule is COc1ccc(CCN/C=C(/C#N)C(=O)Nc2cccc([N+](=O)[O-])c2)cc1. The number of nitrogens with zero attached hydrogens (tertiary/aromatic N) is 2. The van der Waals surface area contributed by atoms with Crippen LogP contribution in [0.2, 0.25) is 0 Å². The third-order valence-corrected chi connectivity index (χ3v) is 3.64. The van der Waals surface area contributed by atoms with E-state index >= 15 is 0 Å². The molecule has 2 N–H and O–H groups in total. The smallest absolute Gasteiger partial charge is 0.271 e. The van der Waals surface area contributed by atoms with E-state index in [-0.39, 0.29) is 16.9 Å². The highest BCUT2D eigenvalue weighted by atomic mass is 16.6. The third kappa shape index (κ3) is 5.86. The molecule has 27 heavy (non-hydrogen) atoms. The lowest BCUT2D eigenvalue weighted by Gasteiger charge is -2.06. The molecule has 0 aliphatic rings. The van der Waals surface area contributed by atoms with Crippen molar-refractivity contribution < 1.29 is 14.5 Å². The highest BCUT2D eigenvalue weighted by Gasteiger charge is 2.11. The molecule has 0 heterocycles. The summed E-state index contributed by atoms with van der Waals surface area (Å²) in [6.45, 7) is 0.529. The summed E-state index contributed by atoms with van der Waals surface area (Å²) in [5.41, 5.74) is 1.05. The third-order valence-electron chi connectivity index (χ3n) is 3.64. The second kappa shape index (κ2) is 9.58. The minimum atomic E-state index is -0.644. The van der Waals surface area contributed by atoms with Gasteiger partial charge in [-0.05, 0) is 30.2 Å². The quantitative estimate of drug-likeness (QED) is 0.244. The Morgan fingerprint density at radius 1 is 1.30 bits per heavy atom. The summed E-state index contributed by atoms with van der Waals surface area (Å²) in [5, 5.41) is 25.3. The van der Waals surface area contributed by atoms with Gasteiger partial charge in [0.05, 0.1) is 12.0 Å². The number of nitriles is 1. The minimum absolute atomic E-state index is 0.128. The molecule has 0 bridgehead atoms. The minimum Gasteiger partial charge on any atom is -0.497 e. The highest BCUT2D eigenvalue weighted by molar-refractivity contribution is 6.06. The van der Waals surface area contributed by atoms with Crippen molar-refractivity contribution in [2.24, 2.45) is 0 Å². The summed E-state index contributed by atoms with van der Waals surface area (Å²) >= 11 is 0. The van der Waals surface area contributed by atoms with Crippen molar-refractivity contribution in [1.29, 1.82) is 5.26 Å². The lowest BCUT2D eigenvalue weighted by atomic mass is 10.1. The maximum atomic E-state index is 12.1. The molecule has 2 aromatic rings. The molecule has 0 aliphatic carbocycles. The number of rotatable bonds is 8. The molecule has 0 spiro atoms. The number of nitro groups is 1. The topological polar surface area (TPSA) is 117 Å². The Labute approximate surface area is 156 Å². The Bertz CT molecular complexity index is 885. The zero-order chi connectivity index (χ0) is 19.6. The first kappa shape index (κ1) is 19.5. The molecule has 8 heteroatoms. The van der Waals surface area contributed by atoms with Crippen molar-refractivity contribution in [3.8, 4) is 11.8 Å². The van der Waals surface area contributed by atoms with Gasteiger partial charge in [-0.15, -0.1) is 0 Å². The first-order valence-electron chi connectivity index (χ1n) is 8.06. The fraction of sp³-hybridized carbons (Fsp3) is 0.158. The zero-order valence-corrected chi connectivity index (χ0v) is 14.6. The lowest BCUT2D eigenvalue weighted by Crippen LogP contribution is -2.18. The van der Waals surface area contributed by atoms with E-state index < -0.39 is 10.8 Å². The van der Waals surface area contributed by atoms with E-state index in [9.17, 15) is 14.9 Å². The molecule has 0 fully saturated rings. The van der Waals surface area contributed by atoms with Crippen LogP contribution >= 0.6 is 0 Å². The molecule has 1 amide bonds. The number of nitrogens with one attached hydrogen (secondary N) is 2. The van der Waals surface area contributed by atoms with Crippen molar-refractivity contribution in [2.75, 3.05) is 19.0 Å². The first-order chi connectivity index (χ1) is 13.0. The van der Waals surface area contributed by atoms with Gasteiger partial charge in [-0.25, -0.2) is 0 Å². The Morgan fingerprint density at radius 3 is 2.67 bits per heavy atom. The van der Waals surface area contributed by atoms with Gasteiger partial charge in [0.1, 0.15) is 17.4 Å². The van der Waals surface area contributed by atoms with Gasteiger partial charge in [0.25, 0.3) is 11.6 Å². The van der Waals surface area contributed by atoms with Crippen molar-refractivity contribution in [1.82, 2.24) is 5.32 Å². The second-order valence-electron chi connectivity index (χ2n) is 5.48. The van der Waals surface area contributed by atoms with Crippen LogP contribution < -0.4 is 15.4 Å². The summed E-state index contributed by atoms with van der Waals surface area (Å²) < 4.78 is 5.09. The molecule has 0 unspecified atom stereocenters. The van der Waals surface area contributed by atoms with E-state index in [1.807, 2.05) is 30.3 Å². The molecule has 0 saturated heterocycles. The number of non-ortho nitro benzene ring substituents is 1. The number of hydrogen-bond donors (Lipinski definition) is 2. The summed E-state index contributed by atoms with van der Waals surface area (Å²) in [5.74, 6) is 0.131. The van der Waals surface area contributed by atoms with E-state index in [0.717, 1.165) is 11.3 Å². The molecule has 2 rings (SSSR count). The van der Waals surface area contributed by atoms with E-state index in [1.54, 1.807) is 7.11 Å². The molecular formula is C19H18N4O4. The Kier molecular flexibility index (Phi) is 6.91. The van der Waals surface area contributed by atoms with Gasteiger partial charge in [0, 0.05) is 30.6 Å². The number of carbonyl (C=O) groups is 1. The number of hydrogen-bond acceptors (Lipinski definition) is 6. The van der Waals surface area contributed by atoms with Gasteiger partial charge in [-0.3, -0.25) is 14.9 Å². The largest absolute Gasteiger partial charge is 0.497 e. The van der Waals surface area contributed by atoms with Crippen LogP contribution in [0, 0.1) is 21.4 Å². The van der Waals surface area contributed by atoms with Crippen molar-refractivity contribution in [2.45, 2.75) is 6.42 Å². The average molecular weight is 366 g/mol. The number of carbonyl (C=O) groups excluding carboxylic acids is 1. The van der Waals surface area contributed by atoms with Gasteiger partial charge in [0.15, 0.2) is 0 Å². The van der Waals surface area contributed by atoms with Crippen LogP contribution in [0.4, 0.5) is 11.4 Å². The van der Waals surface area contributed by atoms with E-state index in [1.165, 1.54) is 30.5 Å². The molecule has 0 saturated carbocycles. The maximum absolute atomic E-state index is 12.1. The van der Waals surface area contributed by atoms with Crippen LogP contribution in [0.3, 0.4) is 0 Å². The van der Waals surface area contributed by atoms with E-state index in [0.29, 0.717) is 13.0 Å². The number of anilines is 1. The Morgan fingerprint density at radius 2 is 2.04 bits per heavy atom. The van der Waals surface area contributed by atoms with Crippen molar-refractivity contribution >= 4 is 17.3 Å². The first-order valence-corrected chi connectivity index (χ1v) is 8.06. The fourth-order valence-electron chi connectivity index (χ4n) is 2.23. The van der Waals surface area contributed by atoms with Gasteiger partial charge in [-0.1, -0.05) is 18.2 Å². The summed E-state index contributed by atoms with van der Waals surface area (Å²) in [7, 11) is 1.60. The number of benzene rings is 2. The van der Waals surface area contributed by atoms with Gasteiger partial charge in [-0.2, -0.15) is 5.26 Å². The predicted octanol–water partition coefficient (Wildman–Crippen LogP) is 2.78. The monoisotopic (exact) mass is 366 g/mol. The van der Waals surface area contributed by atoms with Crippen molar-refractivity contribution in [3.63, 3.8) is 0 Å². The van der Waals surface area contributed by atoms with Gasteiger partial charge >= 0.3 is 0 Å². The number of nitro benzene ring substituents is 1. The maximum Gasteiger partial charge on any atom is 0.271 e. The molecule has 2 aromatic carbocycles. The molecular weight excluding hydrogens is 348 g/mol. The highest BCUT2D eigenvalue weighted by Crippen LogP contribution is 2.17. The lowest BCUT2D eigenvalue weighted by molar-refractivity contribution is -0.384. The zero-order valence-electron chi connectivity index (χ0n) is 14.6. The van der Waals surface area contributed by atoms with Crippen LogP contribution in [0.15, 0.2) is 60.3 Å². The van der Waals surface area contributed by atoms with Crippen LogP contribution in [0.1, 0.15) is 5.56 Å². The number of ether oxygens (including phenoxy) is 1. The molecule has 0 atom stereocenters. The summed E-state index contributed by atoms with van der Waals surface area (Å²) in [6.07, 6.45) is 2.03. The number of methoxy groups -OCH3 is 1. The second-order valence-corrected chi connectivity index (χ2v) is 5.48. The summed E-state index contributed by atoms with van der Waals surface area (Å²) in [4.78, 5) is 22.3. The average Bonchev–Trinajstić information content (AvgIpc) is 2.68.